The molecule has 2 aliphatic rings. The second kappa shape index (κ2) is 9.81. The van der Waals surface area contributed by atoms with Gasteiger partial charge in [0.25, 0.3) is 0 Å². The summed E-state index contributed by atoms with van der Waals surface area (Å²) in [6, 6.07) is 7.12. The number of phenolic OH excluding ortho intramolecular Hbond substituents is 1. The Labute approximate surface area is 214 Å². The summed E-state index contributed by atoms with van der Waals surface area (Å²) in [7, 11) is 1.46. The van der Waals surface area contributed by atoms with Crippen LogP contribution in [0.15, 0.2) is 36.5 Å². The van der Waals surface area contributed by atoms with Crippen LogP contribution in [0.4, 0.5) is 14.6 Å². The second-order valence-corrected chi connectivity index (χ2v) is 10.8. The number of phenols is 1. The maximum Gasteiger partial charge on any atom is 0.233 e. The number of alkyl halides is 1. The zero-order chi connectivity index (χ0) is 26.2. The van der Waals surface area contributed by atoms with Crippen LogP contribution in [0.2, 0.25) is 0 Å². The molecule has 37 heavy (non-hydrogen) atoms. The summed E-state index contributed by atoms with van der Waals surface area (Å²) < 4.78 is 34.4. The van der Waals surface area contributed by atoms with Crippen molar-refractivity contribution in [2.75, 3.05) is 19.1 Å². The number of nitrogens with one attached hydrogen (secondary N) is 2. The maximum absolute atomic E-state index is 15.1. The van der Waals surface area contributed by atoms with Crippen LogP contribution in [0, 0.1) is 11.7 Å². The van der Waals surface area contributed by atoms with Crippen molar-refractivity contribution in [3.8, 4) is 34.0 Å². The van der Waals surface area contributed by atoms with E-state index in [1.54, 1.807) is 18.2 Å². The van der Waals surface area contributed by atoms with Crippen molar-refractivity contribution in [1.29, 1.82) is 0 Å². The molecule has 2 aromatic heterocycles. The standard InChI is InChI=1S/C27H32F2N6O2/c1-26-7-4-8-27(2,35-26)13-18(12-26)21(14-28)31-23-6-5-20(32-33-23)25-19(29)9-16(10-22(25)36)17-11-24(37-3)34-30-15-17/h5-6,9-11,15,18,21,35-36H,4,7-8,12-14H2,1-3H3,(H,31,33). The summed E-state index contributed by atoms with van der Waals surface area (Å²) >= 11 is 0. The van der Waals surface area contributed by atoms with Gasteiger partial charge < -0.3 is 20.5 Å². The molecule has 3 unspecified atom stereocenters. The molecule has 2 saturated heterocycles. The minimum atomic E-state index is -0.662. The van der Waals surface area contributed by atoms with Crippen molar-refractivity contribution in [1.82, 2.24) is 25.7 Å². The van der Waals surface area contributed by atoms with Crippen LogP contribution >= 0.6 is 0 Å². The topological polar surface area (TPSA) is 105 Å². The number of hydrogen-bond acceptors (Lipinski definition) is 8. The van der Waals surface area contributed by atoms with E-state index in [9.17, 15) is 9.50 Å². The van der Waals surface area contributed by atoms with Gasteiger partial charge in [0.15, 0.2) is 0 Å². The van der Waals surface area contributed by atoms with Gasteiger partial charge in [0.2, 0.25) is 5.88 Å². The van der Waals surface area contributed by atoms with Gasteiger partial charge in [-0.15, -0.1) is 15.3 Å². The van der Waals surface area contributed by atoms with Crippen LogP contribution in [0.5, 0.6) is 11.6 Å². The summed E-state index contributed by atoms with van der Waals surface area (Å²) in [5.41, 5.74) is 1.09. The highest BCUT2D eigenvalue weighted by Crippen LogP contribution is 2.44. The zero-order valence-electron chi connectivity index (χ0n) is 21.3. The van der Waals surface area contributed by atoms with E-state index in [0.29, 0.717) is 16.9 Å². The van der Waals surface area contributed by atoms with E-state index in [1.165, 1.54) is 31.9 Å². The van der Waals surface area contributed by atoms with Gasteiger partial charge in [0.05, 0.1) is 30.6 Å². The monoisotopic (exact) mass is 510 g/mol. The number of benzene rings is 1. The fourth-order valence-electron chi connectivity index (χ4n) is 6.17. The molecule has 0 radical (unpaired) electrons. The highest BCUT2D eigenvalue weighted by Gasteiger charge is 2.47. The van der Waals surface area contributed by atoms with Gasteiger partial charge in [0, 0.05) is 22.7 Å². The van der Waals surface area contributed by atoms with Crippen LogP contribution in [0.1, 0.15) is 46.0 Å². The molecule has 196 valence electrons. The Hall–Kier alpha value is -3.40. The van der Waals surface area contributed by atoms with Gasteiger partial charge in [-0.25, -0.2) is 8.78 Å². The fourth-order valence-corrected chi connectivity index (χ4v) is 6.17. The first-order valence-corrected chi connectivity index (χ1v) is 12.6. The largest absolute Gasteiger partial charge is 0.507 e. The number of fused-ring (bicyclic) bond motifs is 2. The molecular formula is C27H32F2N6O2. The van der Waals surface area contributed by atoms with Crippen molar-refractivity contribution in [3.63, 3.8) is 0 Å². The molecule has 8 nitrogen and oxygen atoms in total. The highest BCUT2D eigenvalue weighted by molar-refractivity contribution is 5.75. The van der Waals surface area contributed by atoms with Gasteiger partial charge >= 0.3 is 0 Å². The molecule has 2 fully saturated rings. The van der Waals surface area contributed by atoms with Crippen molar-refractivity contribution in [3.05, 3.63) is 42.3 Å². The Morgan fingerprint density at radius 2 is 1.86 bits per heavy atom. The molecule has 0 amide bonds. The molecule has 2 aliphatic heterocycles. The molecule has 0 spiro atoms. The Balaban J connectivity index is 1.34. The van der Waals surface area contributed by atoms with Crippen LogP contribution in [-0.2, 0) is 0 Å². The summed E-state index contributed by atoms with van der Waals surface area (Å²) in [4.78, 5) is 0. The summed E-state index contributed by atoms with van der Waals surface area (Å²) in [5, 5.41) is 33.5. The molecule has 0 aliphatic carbocycles. The number of anilines is 1. The third-order valence-corrected chi connectivity index (χ3v) is 7.72. The quantitative estimate of drug-likeness (QED) is 0.412. The lowest BCUT2D eigenvalue weighted by Gasteiger charge is -2.54. The number of methoxy groups -OCH3 is 1. The summed E-state index contributed by atoms with van der Waals surface area (Å²) in [6.45, 7) is 3.94. The minimum Gasteiger partial charge on any atom is -0.507 e. The van der Waals surface area contributed by atoms with E-state index in [0.717, 1.165) is 25.7 Å². The predicted octanol–water partition coefficient (Wildman–Crippen LogP) is 4.90. The van der Waals surface area contributed by atoms with E-state index >= 15 is 4.39 Å². The lowest BCUT2D eigenvalue weighted by atomic mass is 9.65. The smallest absolute Gasteiger partial charge is 0.233 e. The lowest BCUT2D eigenvalue weighted by molar-refractivity contribution is 0.0448. The van der Waals surface area contributed by atoms with Gasteiger partial charge in [-0.2, -0.15) is 5.10 Å². The molecule has 5 rings (SSSR count). The lowest BCUT2D eigenvalue weighted by Crippen LogP contribution is -2.65. The van der Waals surface area contributed by atoms with Crippen LogP contribution in [-0.4, -0.2) is 56.4 Å². The normalized spacial score (nSPS) is 25.9. The van der Waals surface area contributed by atoms with Crippen molar-refractivity contribution in [2.45, 2.75) is 63.1 Å². The highest BCUT2D eigenvalue weighted by atomic mass is 19.1. The van der Waals surface area contributed by atoms with Crippen LogP contribution in [0.3, 0.4) is 0 Å². The molecule has 4 heterocycles. The number of nitrogens with zero attached hydrogens (tertiary/aromatic N) is 4. The van der Waals surface area contributed by atoms with E-state index < -0.39 is 18.5 Å². The van der Waals surface area contributed by atoms with Crippen LogP contribution in [0.25, 0.3) is 22.4 Å². The Bertz CT molecular complexity index is 1240. The maximum atomic E-state index is 15.1. The van der Waals surface area contributed by atoms with E-state index in [-0.39, 0.29) is 39.9 Å². The first kappa shape index (κ1) is 25.3. The molecule has 1 aromatic carbocycles. The molecular weight excluding hydrogens is 478 g/mol. The number of ether oxygens (including phenoxy) is 1. The molecule has 0 saturated carbocycles. The summed E-state index contributed by atoms with van der Waals surface area (Å²) in [5.74, 6) is -0.108. The third-order valence-electron chi connectivity index (χ3n) is 7.72. The molecule has 2 bridgehead atoms. The number of hydrogen-bond donors (Lipinski definition) is 3. The Morgan fingerprint density at radius 3 is 2.49 bits per heavy atom. The number of piperidine rings is 2. The molecule has 3 aromatic rings. The first-order chi connectivity index (χ1) is 17.7. The first-order valence-electron chi connectivity index (χ1n) is 12.6. The van der Waals surface area contributed by atoms with E-state index in [1.807, 2.05) is 0 Å². The number of halogens is 2. The average Bonchev–Trinajstić information content (AvgIpc) is 2.86. The molecule has 3 N–H and O–H groups in total. The van der Waals surface area contributed by atoms with Gasteiger partial charge in [-0.05, 0) is 81.7 Å². The SMILES string of the molecule is COc1cc(-c2cc(O)c(-c3ccc(NC(CF)C4CC5(C)CCCC(C)(C4)N5)nn3)c(F)c2)cnn1. The second-order valence-electron chi connectivity index (χ2n) is 10.8. The summed E-state index contributed by atoms with van der Waals surface area (Å²) in [6.07, 6.45) is 6.59. The number of rotatable bonds is 7. The molecule has 10 heteroatoms. The van der Waals surface area contributed by atoms with Crippen molar-refractivity contribution >= 4 is 5.82 Å². The zero-order valence-corrected chi connectivity index (χ0v) is 21.3. The van der Waals surface area contributed by atoms with E-state index in [4.69, 9.17) is 4.74 Å². The van der Waals surface area contributed by atoms with E-state index in [2.05, 4.69) is 44.9 Å². The van der Waals surface area contributed by atoms with Crippen molar-refractivity contribution < 1.29 is 18.6 Å². The Kier molecular flexibility index (Phi) is 6.70. The fraction of sp³-hybridized carbons (Fsp3) is 0.481. The molecule has 3 atom stereocenters. The predicted molar refractivity (Wildman–Crippen MR) is 137 cm³/mol. The van der Waals surface area contributed by atoms with Gasteiger partial charge in [0.1, 0.15) is 24.1 Å². The van der Waals surface area contributed by atoms with Crippen LogP contribution < -0.4 is 15.4 Å². The number of aromatic nitrogens is 4. The number of aromatic hydroxyl groups is 1. The third kappa shape index (κ3) is 5.20. The Morgan fingerprint density at radius 1 is 1.11 bits per heavy atom. The average molecular weight is 511 g/mol. The van der Waals surface area contributed by atoms with Gasteiger partial charge in [-0.3, -0.25) is 0 Å². The minimum absolute atomic E-state index is 0.0131. The van der Waals surface area contributed by atoms with Crippen molar-refractivity contribution in [2.24, 2.45) is 5.92 Å². The van der Waals surface area contributed by atoms with Gasteiger partial charge in [-0.1, -0.05) is 0 Å².